The van der Waals surface area contributed by atoms with E-state index in [2.05, 4.69) is 64.2 Å². The minimum absolute atomic E-state index is 0.200. The first kappa shape index (κ1) is 13.6. The first-order valence-corrected chi connectivity index (χ1v) is 6.81. The van der Waals surface area contributed by atoms with Gasteiger partial charge in [0, 0.05) is 13.1 Å². The molecular formula is C16H25NO. The molecule has 1 N–H and O–H groups in total. The number of hydrogen-bond donors (Lipinski definition) is 1. The maximum absolute atomic E-state index is 6.12. The average molecular weight is 247 g/mol. The van der Waals surface area contributed by atoms with E-state index in [9.17, 15) is 0 Å². The normalized spacial score (nSPS) is 29.3. The molecule has 1 fully saturated rings. The van der Waals surface area contributed by atoms with Crippen LogP contribution in [-0.4, -0.2) is 19.2 Å². The summed E-state index contributed by atoms with van der Waals surface area (Å²) in [5, 5.41) is 3.44. The number of nitrogens with one attached hydrogen (secondary N) is 1. The van der Waals surface area contributed by atoms with Gasteiger partial charge in [0.2, 0.25) is 0 Å². The van der Waals surface area contributed by atoms with E-state index in [1.807, 2.05) is 0 Å². The van der Waals surface area contributed by atoms with E-state index < -0.39 is 0 Å². The zero-order valence-corrected chi connectivity index (χ0v) is 12.2. The molecule has 2 nitrogen and oxygen atoms in total. The molecule has 1 aromatic rings. The van der Waals surface area contributed by atoms with E-state index in [4.69, 9.17) is 4.74 Å². The second-order valence-corrected chi connectivity index (χ2v) is 6.62. The molecule has 2 rings (SSSR count). The molecule has 1 heterocycles. The Bertz CT molecular complexity index is 404. The van der Waals surface area contributed by atoms with Gasteiger partial charge in [-0.05, 0) is 30.4 Å². The van der Waals surface area contributed by atoms with E-state index in [1.54, 1.807) is 0 Å². The third-order valence-electron chi connectivity index (χ3n) is 3.72. The molecule has 0 radical (unpaired) electrons. The standard InChI is InChI=1S/C16H25NO/c1-12-10-17-11-16(5,18-12)14-8-6-13(7-9-14)15(2,3)4/h6-9,12,17H,10-11H2,1-5H3. The Hall–Kier alpha value is -0.860. The molecule has 0 bridgehead atoms. The highest BCUT2D eigenvalue weighted by Crippen LogP contribution is 2.30. The summed E-state index contributed by atoms with van der Waals surface area (Å²) in [5.74, 6) is 0. The SMILES string of the molecule is CC1CNCC(C)(c2ccc(C(C)(C)C)cc2)O1. The summed E-state index contributed by atoms with van der Waals surface area (Å²) in [6.07, 6.45) is 0.269. The second-order valence-electron chi connectivity index (χ2n) is 6.62. The van der Waals surface area contributed by atoms with Gasteiger partial charge in [-0.3, -0.25) is 0 Å². The van der Waals surface area contributed by atoms with Gasteiger partial charge in [0.15, 0.2) is 0 Å². The van der Waals surface area contributed by atoms with Crippen LogP contribution in [0.2, 0.25) is 0 Å². The van der Waals surface area contributed by atoms with Crippen LogP contribution in [0.15, 0.2) is 24.3 Å². The minimum Gasteiger partial charge on any atom is -0.365 e. The Morgan fingerprint density at radius 1 is 1.22 bits per heavy atom. The Morgan fingerprint density at radius 2 is 1.83 bits per heavy atom. The van der Waals surface area contributed by atoms with E-state index >= 15 is 0 Å². The molecule has 18 heavy (non-hydrogen) atoms. The lowest BCUT2D eigenvalue weighted by atomic mass is 9.84. The minimum atomic E-state index is -0.200. The van der Waals surface area contributed by atoms with Crippen LogP contribution < -0.4 is 5.32 Å². The van der Waals surface area contributed by atoms with Crippen LogP contribution >= 0.6 is 0 Å². The molecule has 0 aromatic heterocycles. The van der Waals surface area contributed by atoms with Crippen molar-refractivity contribution in [3.8, 4) is 0 Å². The maximum Gasteiger partial charge on any atom is 0.103 e. The lowest BCUT2D eigenvalue weighted by molar-refractivity contribution is -0.102. The van der Waals surface area contributed by atoms with Crippen molar-refractivity contribution in [1.82, 2.24) is 5.32 Å². The van der Waals surface area contributed by atoms with Gasteiger partial charge in [0.05, 0.1) is 6.10 Å². The van der Waals surface area contributed by atoms with Crippen molar-refractivity contribution < 1.29 is 4.74 Å². The van der Waals surface area contributed by atoms with E-state index in [0.29, 0.717) is 0 Å². The highest BCUT2D eigenvalue weighted by molar-refractivity contribution is 5.31. The predicted molar refractivity (Wildman–Crippen MR) is 75.9 cm³/mol. The van der Waals surface area contributed by atoms with Crippen molar-refractivity contribution in [1.29, 1.82) is 0 Å². The van der Waals surface area contributed by atoms with Crippen molar-refractivity contribution in [3.05, 3.63) is 35.4 Å². The Morgan fingerprint density at radius 3 is 2.33 bits per heavy atom. The Labute approximate surface area is 111 Å². The van der Waals surface area contributed by atoms with E-state index in [0.717, 1.165) is 13.1 Å². The molecule has 1 saturated heterocycles. The monoisotopic (exact) mass is 247 g/mol. The highest BCUT2D eigenvalue weighted by Gasteiger charge is 2.33. The largest absolute Gasteiger partial charge is 0.365 e. The molecule has 0 amide bonds. The fourth-order valence-corrected chi connectivity index (χ4v) is 2.53. The Balaban J connectivity index is 2.23. The topological polar surface area (TPSA) is 21.3 Å². The first-order chi connectivity index (χ1) is 8.31. The third kappa shape index (κ3) is 2.76. The molecule has 1 aromatic carbocycles. The Kier molecular flexibility index (Phi) is 3.52. The summed E-state index contributed by atoms with van der Waals surface area (Å²) in [6.45, 7) is 12.8. The molecule has 2 atom stereocenters. The fourth-order valence-electron chi connectivity index (χ4n) is 2.53. The summed E-state index contributed by atoms with van der Waals surface area (Å²) in [5.41, 5.74) is 2.63. The highest BCUT2D eigenvalue weighted by atomic mass is 16.5. The zero-order chi connectivity index (χ0) is 13.4. The van der Waals surface area contributed by atoms with Gasteiger partial charge in [-0.1, -0.05) is 45.0 Å². The summed E-state index contributed by atoms with van der Waals surface area (Å²) >= 11 is 0. The van der Waals surface area contributed by atoms with Gasteiger partial charge in [-0.15, -0.1) is 0 Å². The number of rotatable bonds is 1. The maximum atomic E-state index is 6.12. The van der Waals surface area contributed by atoms with Crippen molar-refractivity contribution in [2.45, 2.75) is 51.7 Å². The van der Waals surface area contributed by atoms with Crippen molar-refractivity contribution in [2.75, 3.05) is 13.1 Å². The molecule has 0 aliphatic carbocycles. The van der Waals surface area contributed by atoms with E-state index in [1.165, 1.54) is 11.1 Å². The smallest absolute Gasteiger partial charge is 0.103 e. The summed E-state index contributed by atoms with van der Waals surface area (Å²) < 4.78 is 6.12. The summed E-state index contributed by atoms with van der Waals surface area (Å²) in [6, 6.07) is 8.87. The first-order valence-electron chi connectivity index (χ1n) is 6.81. The molecule has 0 spiro atoms. The van der Waals surface area contributed by atoms with Gasteiger partial charge in [-0.2, -0.15) is 0 Å². The van der Waals surface area contributed by atoms with Gasteiger partial charge in [0.25, 0.3) is 0 Å². The molecule has 100 valence electrons. The summed E-state index contributed by atoms with van der Waals surface area (Å²) in [7, 11) is 0. The zero-order valence-electron chi connectivity index (χ0n) is 12.2. The lowest BCUT2D eigenvalue weighted by Crippen LogP contribution is -2.49. The quantitative estimate of drug-likeness (QED) is 0.823. The van der Waals surface area contributed by atoms with Crippen LogP contribution in [0.4, 0.5) is 0 Å². The van der Waals surface area contributed by atoms with Crippen LogP contribution in [0, 0.1) is 0 Å². The van der Waals surface area contributed by atoms with Gasteiger partial charge in [-0.25, -0.2) is 0 Å². The average Bonchev–Trinajstić information content (AvgIpc) is 2.28. The fraction of sp³-hybridized carbons (Fsp3) is 0.625. The second kappa shape index (κ2) is 4.67. The summed E-state index contributed by atoms with van der Waals surface area (Å²) in [4.78, 5) is 0. The van der Waals surface area contributed by atoms with E-state index in [-0.39, 0.29) is 17.1 Å². The van der Waals surface area contributed by atoms with Crippen molar-refractivity contribution in [2.24, 2.45) is 0 Å². The number of ether oxygens (including phenoxy) is 1. The van der Waals surface area contributed by atoms with Crippen molar-refractivity contribution in [3.63, 3.8) is 0 Å². The van der Waals surface area contributed by atoms with Crippen molar-refractivity contribution >= 4 is 0 Å². The van der Waals surface area contributed by atoms with Crippen LogP contribution in [0.5, 0.6) is 0 Å². The van der Waals surface area contributed by atoms with Crippen LogP contribution in [0.25, 0.3) is 0 Å². The van der Waals surface area contributed by atoms with Gasteiger partial charge < -0.3 is 10.1 Å². The molecule has 1 aliphatic rings. The van der Waals surface area contributed by atoms with Crippen LogP contribution in [0.1, 0.15) is 45.7 Å². The number of hydrogen-bond acceptors (Lipinski definition) is 2. The molecule has 0 saturated carbocycles. The van der Waals surface area contributed by atoms with Crippen LogP contribution in [0.3, 0.4) is 0 Å². The van der Waals surface area contributed by atoms with Gasteiger partial charge >= 0.3 is 0 Å². The molecular weight excluding hydrogens is 222 g/mol. The van der Waals surface area contributed by atoms with Crippen LogP contribution in [-0.2, 0) is 15.8 Å². The predicted octanol–water partition coefficient (Wildman–Crippen LogP) is 3.21. The molecule has 1 aliphatic heterocycles. The van der Waals surface area contributed by atoms with Gasteiger partial charge in [0.1, 0.15) is 5.60 Å². The third-order valence-corrected chi connectivity index (χ3v) is 3.72. The molecule has 2 heteroatoms. The number of morpholine rings is 1. The lowest BCUT2D eigenvalue weighted by Gasteiger charge is -2.38. The number of benzene rings is 1. The molecule has 2 unspecified atom stereocenters.